The average Bonchev–Trinajstić information content (AvgIpc) is 2.92. The van der Waals surface area contributed by atoms with Crippen molar-refractivity contribution in [1.82, 2.24) is 5.32 Å². The van der Waals surface area contributed by atoms with Crippen molar-refractivity contribution in [2.24, 2.45) is 5.92 Å². The van der Waals surface area contributed by atoms with E-state index in [4.69, 9.17) is 4.74 Å². The molecule has 0 heterocycles. The van der Waals surface area contributed by atoms with Gasteiger partial charge in [0.25, 0.3) is 0 Å². The number of carbonyl (C=O) groups is 1. The van der Waals surface area contributed by atoms with Crippen LogP contribution in [0.5, 0.6) is 5.75 Å². The molecule has 1 saturated carbocycles. The Labute approximate surface area is 120 Å². The van der Waals surface area contributed by atoms with E-state index in [0.717, 1.165) is 25.0 Å². The molecule has 110 valence electrons. The minimum atomic E-state index is 0.0620. The van der Waals surface area contributed by atoms with Crippen molar-refractivity contribution >= 4 is 5.91 Å². The molecule has 1 aliphatic carbocycles. The minimum Gasteiger partial charge on any atom is -0.494 e. The molecule has 0 spiro atoms. The summed E-state index contributed by atoms with van der Waals surface area (Å²) in [5, 5.41) is 12.2. The van der Waals surface area contributed by atoms with E-state index in [-0.39, 0.29) is 24.5 Å². The molecule has 4 nitrogen and oxygen atoms in total. The third-order valence-corrected chi connectivity index (χ3v) is 3.80. The van der Waals surface area contributed by atoms with Gasteiger partial charge in [-0.05, 0) is 31.4 Å². The van der Waals surface area contributed by atoms with E-state index in [1.165, 1.54) is 0 Å². The van der Waals surface area contributed by atoms with Gasteiger partial charge in [-0.15, -0.1) is 0 Å². The van der Waals surface area contributed by atoms with Crippen molar-refractivity contribution in [1.29, 1.82) is 0 Å². The Bertz CT molecular complexity index is 407. The van der Waals surface area contributed by atoms with Gasteiger partial charge in [0.05, 0.1) is 6.61 Å². The van der Waals surface area contributed by atoms with Crippen LogP contribution >= 0.6 is 0 Å². The number of hydrogen-bond acceptors (Lipinski definition) is 3. The Morgan fingerprint density at radius 1 is 1.30 bits per heavy atom. The molecular weight excluding hydrogens is 254 g/mol. The van der Waals surface area contributed by atoms with Crippen LogP contribution in [-0.2, 0) is 4.79 Å². The minimum absolute atomic E-state index is 0.0620. The van der Waals surface area contributed by atoms with Gasteiger partial charge in [0.2, 0.25) is 5.91 Å². The summed E-state index contributed by atoms with van der Waals surface area (Å²) in [5.74, 6) is 1.13. The molecule has 1 amide bonds. The number of ether oxygens (including phenoxy) is 1. The van der Waals surface area contributed by atoms with Crippen LogP contribution < -0.4 is 10.1 Å². The van der Waals surface area contributed by atoms with E-state index in [2.05, 4.69) is 5.32 Å². The van der Waals surface area contributed by atoms with Crippen LogP contribution in [0.4, 0.5) is 0 Å². The number of aliphatic hydroxyl groups excluding tert-OH is 1. The topological polar surface area (TPSA) is 58.6 Å². The van der Waals surface area contributed by atoms with Crippen molar-refractivity contribution in [2.45, 2.75) is 38.1 Å². The van der Waals surface area contributed by atoms with Crippen LogP contribution in [0.1, 0.15) is 32.1 Å². The molecule has 0 aliphatic heterocycles. The zero-order chi connectivity index (χ0) is 14.2. The summed E-state index contributed by atoms with van der Waals surface area (Å²) in [4.78, 5) is 11.8. The Hall–Kier alpha value is -1.55. The number of amides is 1. The second-order valence-corrected chi connectivity index (χ2v) is 5.31. The highest BCUT2D eigenvalue weighted by molar-refractivity contribution is 5.76. The maximum atomic E-state index is 11.8. The molecule has 2 rings (SSSR count). The highest BCUT2D eigenvalue weighted by Gasteiger charge is 2.27. The molecule has 1 aliphatic rings. The lowest BCUT2D eigenvalue weighted by Gasteiger charge is -2.18. The van der Waals surface area contributed by atoms with E-state index in [0.29, 0.717) is 19.4 Å². The number of para-hydroxylation sites is 1. The van der Waals surface area contributed by atoms with Gasteiger partial charge in [0, 0.05) is 25.0 Å². The fourth-order valence-corrected chi connectivity index (χ4v) is 2.66. The fraction of sp³-hybridized carbons (Fsp3) is 0.562. The second kappa shape index (κ2) is 7.90. The van der Waals surface area contributed by atoms with Crippen LogP contribution in [0.25, 0.3) is 0 Å². The van der Waals surface area contributed by atoms with Crippen molar-refractivity contribution in [3.8, 4) is 5.75 Å². The average molecular weight is 277 g/mol. The summed E-state index contributed by atoms with van der Waals surface area (Å²) in [6.45, 7) is 0.716. The number of benzene rings is 1. The lowest BCUT2D eigenvalue weighted by atomic mass is 10.0. The van der Waals surface area contributed by atoms with Gasteiger partial charge in [-0.1, -0.05) is 24.6 Å². The number of hydrogen-bond donors (Lipinski definition) is 2. The summed E-state index contributed by atoms with van der Waals surface area (Å²) in [6.07, 6.45) is 4.27. The number of carbonyl (C=O) groups excluding carboxylic acids is 1. The van der Waals surface area contributed by atoms with E-state index in [9.17, 15) is 9.90 Å². The zero-order valence-corrected chi connectivity index (χ0v) is 11.8. The molecule has 0 saturated heterocycles. The summed E-state index contributed by atoms with van der Waals surface area (Å²) in [6, 6.07) is 9.77. The monoisotopic (exact) mass is 277 g/mol. The van der Waals surface area contributed by atoms with Crippen LogP contribution in [0.15, 0.2) is 30.3 Å². The Balaban J connectivity index is 1.61. The SMILES string of the molecule is O=C(CCCOc1ccccc1)NC1CCCC1CO. The lowest BCUT2D eigenvalue weighted by Crippen LogP contribution is -2.38. The van der Waals surface area contributed by atoms with Gasteiger partial charge in [0.1, 0.15) is 5.75 Å². The largest absolute Gasteiger partial charge is 0.494 e. The predicted molar refractivity (Wildman–Crippen MR) is 77.5 cm³/mol. The predicted octanol–water partition coefficient (Wildman–Crippen LogP) is 2.12. The third-order valence-electron chi connectivity index (χ3n) is 3.80. The Kier molecular flexibility index (Phi) is 5.87. The van der Waals surface area contributed by atoms with Gasteiger partial charge in [0.15, 0.2) is 0 Å². The number of aliphatic hydroxyl groups is 1. The zero-order valence-electron chi connectivity index (χ0n) is 11.8. The first kappa shape index (κ1) is 14.9. The molecule has 1 fully saturated rings. The molecule has 20 heavy (non-hydrogen) atoms. The highest BCUT2D eigenvalue weighted by atomic mass is 16.5. The maximum Gasteiger partial charge on any atom is 0.220 e. The fourth-order valence-electron chi connectivity index (χ4n) is 2.66. The van der Waals surface area contributed by atoms with Crippen LogP contribution in [0, 0.1) is 5.92 Å². The molecular formula is C16H23NO3. The van der Waals surface area contributed by atoms with E-state index in [1.54, 1.807) is 0 Å². The molecule has 0 radical (unpaired) electrons. The van der Waals surface area contributed by atoms with Crippen molar-refractivity contribution in [2.75, 3.05) is 13.2 Å². The first-order valence-corrected chi connectivity index (χ1v) is 7.37. The molecule has 1 aromatic carbocycles. The van der Waals surface area contributed by atoms with E-state index in [1.807, 2.05) is 30.3 Å². The standard InChI is InChI=1S/C16H23NO3/c18-12-13-6-4-9-15(13)17-16(19)10-5-11-20-14-7-2-1-3-8-14/h1-3,7-8,13,15,18H,4-6,9-12H2,(H,17,19). The Morgan fingerprint density at radius 2 is 2.10 bits per heavy atom. The van der Waals surface area contributed by atoms with Gasteiger partial charge < -0.3 is 15.2 Å². The molecule has 4 heteroatoms. The quantitative estimate of drug-likeness (QED) is 0.751. The molecule has 2 N–H and O–H groups in total. The molecule has 2 unspecified atom stereocenters. The third kappa shape index (κ3) is 4.53. The first-order valence-electron chi connectivity index (χ1n) is 7.37. The van der Waals surface area contributed by atoms with Crippen molar-refractivity contribution in [3.63, 3.8) is 0 Å². The molecule has 1 aromatic rings. The van der Waals surface area contributed by atoms with Crippen molar-refractivity contribution < 1.29 is 14.6 Å². The molecule has 0 bridgehead atoms. The van der Waals surface area contributed by atoms with Gasteiger partial charge >= 0.3 is 0 Å². The lowest BCUT2D eigenvalue weighted by molar-refractivity contribution is -0.122. The normalized spacial score (nSPS) is 21.6. The van der Waals surface area contributed by atoms with E-state index < -0.39 is 0 Å². The first-order chi connectivity index (χ1) is 9.79. The van der Waals surface area contributed by atoms with Gasteiger partial charge in [-0.25, -0.2) is 0 Å². The Morgan fingerprint density at radius 3 is 2.85 bits per heavy atom. The number of nitrogens with one attached hydrogen (secondary N) is 1. The van der Waals surface area contributed by atoms with E-state index >= 15 is 0 Å². The summed E-state index contributed by atoms with van der Waals surface area (Å²) in [7, 11) is 0. The van der Waals surface area contributed by atoms with Gasteiger partial charge in [-0.2, -0.15) is 0 Å². The molecule has 2 atom stereocenters. The summed E-state index contributed by atoms with van der Waals surface area (Å²) in [5.41, 5.74) is 0. The van der Waals surface area contributed by atoms with Gasteiger partial charge in [-0.3, -0.25) is 4.79 Å². The summed E-state index contributed by atoms with van der Waals surface area (Å²) >= 11 is 0. The van der Waals surface area contributed by atoms with Crippen LogP contribution in [0.2, 0.25) is 0 Å². The smallest absolute Gasteiger partial charge is 0.220 e. The molecule has 0 aromatic heterocycles. The van der Waals surface area contributed by atoms with Crippen LogP contribution in [-0.4, -0.2) is 30.3 Å². The second-order valence-electron chi connectivity index (χ2n) is 5.31. The van der Waals surface area contributed by atoms with Crippen LogP contribution in [0.3, 0.4) is 0 Å². The summed E-state index contributed by atoms with van der Waals surface area (Å²) < 4.78 is 5.55. The number of rotatable bonds is 7. The van der Waals surface area contributed by atoms with Crippen molar-refractivity contribution in [3.05, 3.63) is 30.3 Å². The maximum absolute atomic E-state index is 11.8. The highest BCUT2D eigenvalue weighted by Crippen LogP contribution is 2.25.